The lowest BCUT2D eigenvalue weighted by atomic mass is 9.73. The first-order valence-corrected chi connectivity index (χ1v) is 6.57. The molecule has 6 heteroatoms. The van der Waals surface area contributed by atoms with Crippen LogP contribution < -0.4 is 0 Å². The molecule has 1 amide bonds. The van der Waals surface area contributed by atoms with E-state index >= 15 is 0 Å². The monoisotopic (exact) mass is 284 g/mol. The lowest BCUT2D eigenvalue weighted by molar-refractivity contribution is -0.00983. The molecule has 1 aliphatic rings. The number of hydrogen-bond donors (Lipinski definition) is 2. The summed E-state index contributed by atoms with van der Waals surface area (Å²) in [7, 11) is 0. The number of piperidine rings is 1. The number of hydrogen-bond acceptors (Lipinski definition) is 3. The van der Waals surface area contributed by atoms with E-state index in [1.165, 1.54) is 11.1 Å². The molecule has 1 fully saturated rings. The van der Waals surface area contributed by atoms with E-state index in [1.807, 2.05) is 6.92 Å². The molecular weight excluding hydrogens is 268 g/mol. The lowest BCUT2D eigenvalue weighted by Crippen LogP contribution is -2.43. The first kappa shape index (κ1) is 14.1. The molecule has 1 unspecified atom stereocenters. The Morgan fingerprint density at radius 3 is 2.68 bits per heavy atom. The molecule has 1 atom stereocenters. The fraction of sp³-hybridized carbons (Fsp3) is 0.538. The summed E-state index contributed by atoms with van der Waals surface area (Å²) in [6, 6.07) is 1.71. The number of nitrogens with zero attached hydrogens (tertiary/aromatic N) is 2. The number of aromatic nitrogens is 1. The van der Waals surface area contributed by atoms with Gasteiger partial charge in [0.1, 0.15) is 0 Å². The fourth-order valence-electron chi connectivity index (χ4n) is 2.47. The summed E-state index contributed by atoms with van der Waals surface area (Å²) in [4.78, 5) is 16.2. The summed E-state index contributed by atoms with van der Waals surface area (Å²) in [5.74, 6) is 0. The maximum Gasteiger partial charge on any atom is 0.407 e. The van der Waals surface area contributed by atoms with E-state index in [1.54, 1.807) is 12.3 Å². The second-order valence-electron chi connectivity index (χ2n) is 5.22. The summed E-state index contributed by atoms with van der Waals surface area (Å²) in [5.41, 5.74) is 0.291. The van der Waals surface area contributed by atoms with Crippen LogP contribution in [0.25, 0.3) is 0 Å². The van der Waals surface area contributed by atoms with E-state index in [2.05, 4.69) is 4.98 Å². The highest BCUT2D eigenvalue weighted by molar-refractivity contribution is 6.31. The van der Waals surface area contributed by atoms with Crippen LogP contribution >= 0.6 is 11.6 Å². The van der Waals surface area contributed by atoms with Crippen LogP contribution in [0.3, 0.4) is 0 Å². The minimum absolute atomic E-state index is 0.364. The third-order valence-corrected chi connectivity index (χ3v) is 4.25. The number of halogens is 1. The Hall–Kier alpha value is -1.33. The van der Waals surface area contributed by atoms with Crippen molar-refractivity contribution in [3.63, 3.8) is 0 Å². The van der Waals surface area contributed by atoms with Crippen LogP contribution in [0.5, 0.6) is 0 Å². The van der Waals surface area contributed by atoms with Gasteiger partial charge >= 0.3 is 6.09 Å². The number of rotatable bonds is 2. The van der Waals surface area contributed by atoms with Gasteiger partial charge in [0.2, 0.25) is 0 Å². The van der Waals surface area contributed by atoms with Crippen LogP contribution in [0.4, 0.5) is 4.79 Å². The molecule has 2 heterocycles. The molecule has 0 saturated carbocycles. The number of pyridine rings is 1. The molecule has 0 aromatic carbocycles. The molecular formula is C13H17ClN2O3. The van der Waals surface area contributed by atoms with Crippen molar-refractivity contribution in [1.29, 1.82) is 0 Å². The molecule has 1 aromatic rings. The van der Waals surface area contributed by atoms with Crippen molar-refractivity contribution in [3.8, 4) is 0 Å². The molecule has 1 aliphatic heterocycles. The molecule has 2 N–H and O–H groups in total. The van der Waals surface area contributed by atoms with Crippen molar-refractivity contribution in [2.75, 3.05) is 13.1 Å². The zero-order valence-electron chi connectivity index (χ0n) is 10.7. The molecule has 0 aliphatic carbocycles. The Kier molecular flexibility index (Phi) is 3.96. The van der Waals surface area contributed by atoms with Crippen LogP contribution in [0.1, 0.15) is 31.4 Å². The summed E-state index contributed by atoms with van der Waals surface area (Å²) < 4.78 is 0. The Bertz CT molecular complexity index is 473. The van der Waals surface area contributed by atoms with Crippen LogP contribution in [0, 0.1) is 5.41 Å². The molecule has 1 aromatic heterocycles. The Morgan fingerprint density at radius 1 is 1.53 bits per heavy atom. The number of amides is 1. The Balaban J connectivity index is 2.14. The molecule has 0 spiro atoms. The van der Waals surface area contributed by atoms with Gasteiger partial charge in [-0.2, -0.15) is 0 Å². The Labute approximate surface area is 116 Å². The largest absolute Gasteiger partial charge is 0.465 e. The third kappa shape index (κ3) is 2.82. The number of carboxylic acid groups (broad SMARTS) is 1. The van der Waals surface area contributed by atoms with Gasteiger partial charge in [-0.05, 0) is 18.9 Å². The normalized spacial score (nSPS) is 20.1. The van der Waals surface area contributed by atoms with Gasteiger partial charge in [-0.1, -0.05) is 18.5 Å². The molecule has 5 nitrogen and oxygen atoms in total. The highest BCUT2D eigenvalue weighted by Gasteiger charge is 2.39. The number of aliphatic hydroxyl groups excluding tert-OH is 1. The highest BCUT2D eigenvalue weighted by atomic mass is 35.5. The molecule has 0 radical (unpaired) electrons. The van der Waals surface area contributed by atoms with Gasteiger partial charge in [0.25, 0.3) is 0 Å². The van der Waals surface area contributed by atoms with Crippen molar-refractivity contribution < 1.29 is 15.0 Å². The summed E-state index contributed by atoms with van der Waals surface area (Å²) >= 11 is 6.05. The molecule has 1 saturated heterocycles. The molecule has 2 rings (SSSR count). The summed E-state index contributed by atoms with van der Waals surface area (Å²) in [5, 5.41) is 19.9. The van der Waals surface area contributed by atoms with Crippen molar-refractivity contribution in [2.45, 2.75) is 25.9 Å². The topological polar surface area (TPSA) is 73.7 Å². The number of likely N-dealkylation sites (tertiary alicyclic amines) is 1. The highest BCUT2D eigenvalue weighted by Crippen LogP contribution is 2.44. The third-order valence-electron chi connectivity index (χ3n) is 3.93. The zero-order chi connectivity index (χ0) is 14.0. The van der Waals surface area contributed by atoms with Crippen LogP contribution in [0.2, 0.25) is 5.02 Å². The van der Waals surface area contributed by atoms with Gasteiger partial charge in [0.15, 0.2) is 0 Å². The minimum atomic E-state index is -0.904. The lowest BCUT2D eigenvalue weighted by Gasteiger charge is -2.41. The standard InChI is InChI=1S/C13H17ClN2O3/c1-13(3-6-16(7-4-13)12(18)19)11(17)9-2-5-15-8-10(9)14/h2,5,8,11,17H,3-4,6-7H2,1H3,(H,18,19). The van der Waals surface area contributed by atoms with Gasteiger partial charge in [0.05, 0.1) is 11.1 Å². The zero-order valence-corrected chi connectivity index (χ0v) is 11.5. The van der Waals surface area contributed by atoms with Gasteiger partial charge in [0, 0.05) is 36.5 Å². The van der Waals surface area contributed by atoms with E-state index in [4.69, 9.17) is 16.7 Å². The average molecular weight is 285 g/mol. The maximum absolute atomic E-state index is 10.9. The van der Waals surface area contributed by atoms with Crippen molar-refractivity contribution >= 4 is 17.7 Å². The van der Waals surface area contributed by atoms with E-state index in [-0.39, 0.29) is 5.41 Å². The first-order chi connectivity index (χ1) is 8.94. The van der Waals surface area contributed by atoms with Crippen molar-refractivity contribution in [3.05, 3.63) is 29.0 Å². The first-order valence-electron chi connectivity index (χ1n) is 6.19. The minimum Gasteiger partial charge on any atom is -0.465 e. The van der Waals surface area contributed by atoms with Gasteiger partial charge in [-0.25, -0.2) is 4.79 Å². The van der Waals surface area contributed by atoms with Crippen molar-refractivity contribution in [1.82, 2.24) is 9.88 Å². The van der Waals surface area contributed by atoms with E-state index < -0.39 is 12.2 Å². The van der Waals surface area contributed by atoms with E-state index in [0.717, 1.165) is 0 Å². The molecule has 19 heavy (non-hydrogen) atoms. The molecule has 104 valence electrons. The number of carbonyl (C=O) groups is 1. The van der Waals surface area contributed by atoms with Gasteiger partial charge < -0.3 is 15.1 Å². The van der Waals surface area contributed by atoms with Crippen LogP contribution in [-0.2, 0) is 0 Å². The Morgan fingerprint density at radius 2 is 2.16 bits per heavy atom. The SMILES string of the molecule is CC1(C(O)c2ccncc2Cl)CCN(C(=O)O)CC1. The number of aliphatic hydroxyl groups is 1. The van der Waals surface area contributed by atoms with Crippen LogP contribution in [-0.4, -0.2) is 39.3 Å². The van der Waals surface area contributed by atoms with Gasteiger partial charge in [-0.15, -0.1) is 0 Å². The summed E-state index contributed by atoms with van der Waals surface area (Å²) in [6.45, 7) is 2.84. The predicted molar refractivity (Wildman–Crippen MR) is 71.1 cm³/mol. The van der Waals surface area contributed by atoms with Crippen LogP contribution in [0.15, 0.2) is 18.5 Å². The second-order valence-corrected chi connectivity index (χ2v) is 5.63. The fourth-order valence-corrected chi connectivity index (χ4v) is 2.69. The quantitative estimate of drug-likeness (QED) is 0.875. The average Bonchev–Trinajstić information content (AvgIpc) is 2.39. The smallest absolute Gasteiger partial charge is 0.407 e. The van der Waals surface area contributed by atoms with Gasteiger partial charge in [-0.3, -0.25) is 4.98 Å². The maximum atomic E-state index is 10.9. The van der Waals surface area contributed by atoms with E-state index in [9.17, 15) is 9.90 Å². The molecule has 0 bridgehead atoms. The second kappa shape index (κ2) is 5.35. The summed E-state index contributed by atoms with van der Waals surface area (Å²) in [6.07, 6.45) is 2.71. The van der Waals surface area contributed by atoms with Crippen molar-refractivity contribution in [2.24, 2.45) is 5.41 Å². The van der Waals surface area contributed by atoms with E-state index in [0.29, 0.717) is 36.5 Å². The predicted octanol–water partition coefficient (Wildman–Crippen LogP) is 2.55.